The molecule has 0 atom stereocenters. The van der Waals surface area contributed by atoms with Gasteiger partial charge in [0.2, 0.25) is 0 Å². The molecule has 1 aliphatic heterocycles. The van der Waals surface area contributed by atoms with E-state index in [2.05, 4.69) is 9.97 Å². The Kier molecular flexibility index (Phi) is 2.68. The van der Waals surface area contributed by atoms with Gasteiger partial charge >= 0.3 is 11.8 Å². The smallest absolute Gasteiger partial charge is 0.269 e. The minimum absolute atomic E-state index is 0.131. The molecule has 0 bridgehead atoms. The van der Waals surface area contributed by atoms with Crippen LogP contribution in [0.2, 0.25) is 0 Å². The first-order valence-corrected chi connectivity index (χ1v) is 5.73. The molecule has 1 aliphatic rings. The second kappa shape index (κ2) is 4.49. The van der Waals surface area contributed by atoms with E-state index >= 15 is 0 Å². The first-order valence-electron chi connectivity index (χ1n) is 5.73. The van der Waals surface area contributed by atoms with Crippen molar-refractivity contribution in [2.75, 3.05) is 16.5 Å². The average Bonchev–Trinajstić information content (AvgIpc) is 2.77. The minimum atomic E-state index is -0.593. The maximum Gasteiger partial charge on any atom is 0.319 e. The summed E-state index contributed by atoms with van der Waals surface area (Å²) in [5.74, 6) is -0.271. The highest BCUT2D eigenvalue weighted by molar-refractivity contribution is 6.47. The predicted molar refractivity (Wildman–Crippen MR) is 68.3 cm³/mol. The van der Waals surface area contributed by atoms with E-state index in [-0.39, 0.29) is 6.67 Å². The number of aromatic nitrogens is 2. The second-order valence-electron chi connectivity index (χ2n) is 3.98. The van der Waals surface area contributed by atoms with Crippen molar-refractivity contribution >= 4 is 23.5 Å². The summed E-state index contributed by atoms with van der Waals surface area (Å²) in [5, 5.41) is 0. The van der Waals surface area contributed by atoms with E-state index in [0.717, 1.165) is 0 Å². The second-order valence-corrected chi connectivity index (χ2v) is 3.98. The zero-order chi connectivity index (χ0) is 13.2. The van der Waals surface area contributed by atoms with Crippen LogP contribution in [0, 0.1) is 0 Å². The lowest BCUT2D eigenvalue weighted by Crippen LogP contribution is -2.27. The average molecular weight is 254 g/mol. The Morgan fingerprint density at radius 1 is 0.789 bits per heavy atom. The summed E-state index contributed by atoms with van der Waals surface area (Å²) in [4.78, 5) is 34.7. The van der Waals surface area contributed by atoms with Crippen LogP contribution in [0.4, 0.5) is 11.6 Å². The molecule has 2 aromatic heterocycles. The predicted octanol–water partition coefficient (Wildman–Crippen LogP) is 0.814. The van der Waals surface area contributed by atoms with Crippen LogP contribution in [0.15, 0.2) is 48.8 Å². The monoisotopic (exact) mass is 254 g/mol. The van der Waals surface area contributed by atoms with E-state index in [4.69, 9.17) is 0 Å². The molecule has 0 radical (unpaired) electrons. The molecule has 0 N–H and O–H groups in total. The molecular weight excluding hydrogens is 244 g/mol. The fraction of sp³-hybridized carbons (Fsp3) is 0.0769. The molecule has 6 nitrogen and oxygen atoms in total. The Balaban J connectivity index is 1.92. The molecule has 0 aliphatic carbocycles. The van der Waals surface area contributed by atoms with Gasteiger partial charge in [-0.3, -0.25) is 19.4 Å². The molecule has 6 heteroatoms. The maximum absolute atomic E-state index is 12.0. The fourth-order valence-electron chi connectivity index (χ4n) is 1.88. The van der Waals surface area contributed by atoms with Crippen LogP contribution in [0.3, 0.4) is 0 Å². The Morgan fingerprint density at radius 3 is 1.63 bits per heavy atom. The van der Waals surface area contributed by atoms with Crippen LogP contribution in [-0.2, 0) is 9.59 Å². The number of nitrogens with zero attached hydrogens (tertiary/aromatic N) is 4. The molecule has 0 saturated carbocycles. The zero-order valence-corrected chi connectivity index (χ0v) is 9.93. The van der Waals surface area contributed by atoms with Gasteiger partial charge in [-0.2, -0.15) is 0 Å². The third-order valence-electron chi connectivity index (χ3n) is 2.81. The summed E-state index contributed by atoms with van der Waals surface area (Å²) in [5.41, 5.74) is 0. The Bertz CT molecular complexity index is 560. The molecule has 0 unspecified atom stereocenters. The van der Waals surface area contributed by atoms with Gasteiger partial charge in [0.05, 0.1) is 0 Å². The quantitative estimate of drug-likeness (QED) is 0.744. The van der Waals surface area contributed by atoms with E-state index in [9.17, 15) is 9.59 Å². The van der Waals surface area contributed by atoms with Gasteiger partial charge in [-0.1, -0.05) is 12.1 Å². The van der Waals surface area contributed by atoms with E-state index in [1.807, 2.05) is 0 Å². The van der Waals surface area contributed by atoms with Gasteiger partial charge in [-0.15, -0.1) is 0 Å². The van der Waals surface area contributed by atoms with Crippen LogP contribution in [0.1, 0.15) is 0 Å². The van der Waals surface area contributed by atoms with Crippen LogP contribution < -0.4 is 9.80 Å². The van der Waals surface area contributed by atoms with E-state index in [1.165, 1.54) is 9.80 Å². The number of carbonyl (C=O) groups excluding carboxylic acids is 2. The van der Waals surface area contributed by atoms with Crippen molar-refractivity contribution in [3.63, 3.8) is 0 Å². The first-order chi connectivity index (χ1) is 9.27. The van der Waals surface area contributed by atoms with Crippen LogP contribution in [0.25, 0.3) is 0 Å². The number of anilines is 2. The van der Waals surface area contributed by atoms with Crippen molar-refractivity contribution in [2.45, 2.75) is 0 Å². The van der Waals surface area contributed by atoms with Crippen molar-refractivity contribution in [1.82, 2.24) is 9.97 Å². The number of rotatable bonds is 2. The highest BCUT2D eigenvalue weighted by Crippen LogP contribution is 2.21. The lowest BCUT2D eigenvalue weighted by atomic mass is 10.4. The lowest BCUT2D eigenvalue weighted by molar-refractivity contribution is -0.133. The standard InChI is InChI=1S/C13H10N4O2/c18-12-13(19)17(11-6-2-4-8-15-11)9-16(12)10-5-1-3-7-14-10/h1-8H,9H2. The van der Waals surface area contributed by atoms with Crippen molar-refractivity contribution in [2.24, 2.45) is 0 Å². The number of amides is 2. The van der Waals surface area contributed by atoms with E-state index in [1.54, 1.807) is 48.8 Å². The Morgan fingerprint density at radius 2 is 1.26 bits per heavy atom. The van der Waals surface area contributed by atoms with Crippen molar-refractivity contribution in [3.05, 3.63) is 48.8 Å². The number of pyridine rings is 2. The summed E-state index contributed by atoms with van der Waals surface area (Å²) in [7, 11) is 0. The molecule has 0 aromatic carbocycles. The van der Waals surface area contributed by atoms with E-state index in [0.29, 0.717) is 11.6 Å². The highest BCUT2D eigenvalue weighted by atomic mass is 16.2. The zero-order valence-electron chi connectivity index (χ0n) is 9.93. The van der Waals surface area contributed by atoms with Crippen LogP contribution >= 0.6 is 0 Å². The molecule has 2 aromatic rings. The fourth-order valence-corrected chi connectivity index (χ4v) is 1.88. The van der Waals surface area contributed by atoms with Crippen LogP contribution in [-0.4, -0.2) is 28.5 Å². The minimum Gasteiger partial charge on any atom is -0.269 e. The maximum atomic E-state index is 12.0. The SMILES string of the molecule is O=C1C(=O)N(c2ccccn2)CN1c1ccccn1. The van der Waals surface area contributed by atoms with Gasteiger partial charge in [-0.05, 0) is 24.3 Å². The molecule has 19 heavy (non-hydrogen) atoms. The summed E-state index contributed by atoms with van der Waals surface area (Å²) in [6.45, 7) is 0.131. The molecular formula is C13H10N4O2. The lowest BCUT2D eigenvalue weighted by Gasteiger charge is -2.15. The number of hydrogen-bond donors (Lipinski definition) is 0. The molecule has 2 amide bonds. The largest absolute Gasteiger partial charge is 0.319 e. The summed E-state index contributed by atoms with van der Waals surface area (Å²) < 4.78 is 0. The van der Waals surface area contributed by atoms with Gasteiger partial charge in [-0.25, -0.2) is 9.97 Å². The first kappa shape index (κ1) is 11.3. The van der Waals surface area contributed by atoms with Crippen molar-refractivity contribution in [1.29, 1.82) is 0 Å². The van der Waals surface area contributed by atoms with Gasteiger partial charge in [0.15, 0.2) is 0 Å². The third-order valence-corrected chi connectivity index (χ3v) is 2.81. The summed E-state index contributed by atoms with van der Waals surface area (Å²) >= 11 is 0. The topological polar surface area (TPSA) is 66.4 Å². The Labute approximate surface area is 109 Å². The third kappa shape index (κ3) is 1.93. The highest BCUT2D eigenvalue weighted by Gasteiger charge is 2.39. The summed E-state index contributed by atoms with van der Waals surface area (Å²) in [6.07, 6.45) is 3.16. The molecule has 94 valence electrons. The molecule has 3 rings (SSSR count). The van der Waals surface area contributed by atoms with Gasteiger partial charge in [0.1, 0.15) is 18.3 Å². The van der Waals surface area contributed by atoms with Crippen molar-refractivity contribution in [3.8, 4) is 0 Å². The Hall–Kier alpha value is -2.76. The number of hydrogen-bond acceptors (Lipinski definition) is 4. The number of carbonyl (C=O) groups is 2. The molecule has 1 saturated heterocycles. The summed E-state index contributed by atoms with van der Waals surface area (Å²) in [6, 6.07) is 10.4. The molecule has 0 spiro atoms. The van der Waals surface area contributed by atoms with Crippen molar-refractivity contribution < 1.29 is 9.59 Å². The van der Waals surface area contributed by atoms with E-state index < -0.39 is 11.8 Å². The van der Waals surface area contributed by atoms with Gasteiger partial charge in [0.25, 0.3) is 0 Å². The molecule has 3 heterocycles. The van der Waals surface area contributed by atoms with Gasteiger partial charge in [0, 0.05) is 12.4 Å². The normalized spacial score (nSPS) is 15.2. The van der Waals surface area contributed by atoms with Crippen LogP contribution in [0.5, 0.6) is 0 Å². The van der Waals surface area contributed by atoms with Gasteiger partial charge < -0.3 is 0 Å². The molecule has 1 fully saturated rings.